The zero-order valence-electron chi connectivity index (χ0n) is 7.09. The standard InChI is InChI=1S/C7H13N3.ClH/c1-6-7(4-8-2)5-9-10(6)3;/h5,8H,4H2,1-3H3;1H. The molecular weight excluding hydrogens is 162 g/mol. The van der Waals surface area contributed by atoms with Gasteiger partial charge in [0.05, 0.1) is 6.20 Å². The van der Waals surface area contributed by atoms with Gasteiger partial charge in [0.1, 0.15) is 0 Å². The zero-order chi connectivity index (χ0) is 7.56. The first-order valence-corrected chi connectivity index (χ1v) is 3.37. The second-order valence-corrected chi connectivity index (χ2v) is 2.41. The van der Waals surface area contributed by atoms with Gasteiger partial charge in [0.15, 0.2) is 0 Å². The Morgan fingerprint density at radius 2 is 2.27 bits per heavy atom. The molecule has 3 nitrogen and oxygen atoms in total. The van der Waals surface area contributed by atoms with Crippen molar-refractivity contribution in [1.29, 1.82) is 0 Å². The van der Waals surface area contributed by atoms with Gasteiger partial charge in [-0.05, 0) is 14.0 Å². The highest BCUT2D eigenvalue weighted by Crippen LogP contribution is 2.03. The Morgan fingerprint density at radius 3 is 2.64 bits per heavy atom. The van der Waals surface area contributed by atoms with Crippen molar-refractivity contribution in [3.63, 3.8) is 0 Å². The third kappa shape index (κ3) is 2.20. The molecule has 0 aromatic carbocycles. The van der Waals surface area contributed by atoms with Crippen LogP contribution >= 0.6 is 12.4 Å². The average Bonchev–Trinajstić information content (AvgIpc) is 2.20. The van der Waals surface area contributed by atoms with Crippen molar-refractivity contribution < 1.29 is 0 Å². The fraction of sp³-hybridized carbons (Fsp3) is 0.571. The van der Waals surface area contributed by atoms with Gasteiger partial charge >= 0.3 is 0 Å². The van der Waals surface area contributed by atoms with Gasteiger partial charge in [-0.25, -0.2) is 0 Å². The summed E-state index contributed by atoms with van der Waals surface area (Å²) < 4.78 is 1.88. The second-order valence-electron chi connectivity index (χ2n) is 2.41. The summed E-state index contributed by atoms with van der Waals surface area (Å²) in [4.78, 5) is 0. The van der Waals surface area contributed by atoms with E-state index >= 15 is 0 Å². The monoisotopic (exact) mass is 175 g/mol. The van der Waals surface area contributed by atoms with Crippen molar-refractivity contribution in [3.8, 4) is 0 Å². The molecule has 0 bridgehead atoms. The van der Waals surface area contributed by atoms with E-state index in [1.54, 1.807) is 0 Å². The minimum Gasteiger partial charge on any atom is -0.316 e. The molecule has 1 rings (SSSR count). The first-order chi connectivity index (χ1) is 4.75. The molecule has 0 fully saturated rings. The number of aryl methyl sites for hydroxylation is 1. The van der Waals surface area contributed by atoms with E-state index in [-0.39, 0.29) is 12.4 Å². The molecule has 0 aliphatic carbocycles. The Hall–Kier alpha value is -0.540. The average molecular weight is 176 g/mol. The fourth-order valence-electron chi connectivity index (χ4n) is 0.908. The summed E-state index contributed by atoms with van der Waals surface area (Å²) in [5, 5.41) is 7.20. The van der Waals surface area contributed by atoms with E-state index in [0.29, 0.717) is 0 Å². The van der Waals surface area contributed by atoms with Crippen LogP contribution in [0, 0.1) is 6.92 Å². The molecule has 64 valence electrons. The van der Waals surface area contributed by atoms with Gasteiger partial charge in [-0.3, -0.25) is 4.68 Å². The molecule has 0 spiro atoms. The largest absolute Gasteiger partial charge is 0.316 e. The molecular formula is C7H14ClN3. The van der Waals surface area contributed by atoms with Crippen LogP contribution in [0.5, 0.6) is 0 Å². The van der Waals surface area contributed by atoms with E-state index in [2.05, 4.69) is 17.3 Å². The predicted molar refractivity (Wildman–Crippen MR) is 48.0 cm³/mol. The Labute approximate surface area is 73.2 Å². The number of hydrogen-bond acceptors (Lipinski definition) is 2. The van der Waals surface area contributed by atoms with Gasteiger partial charge in [0.2, 0.25) is 0 Å². The van der Waals surface area contributed by atoms with E-state index < -0.39 is 0 Å². The van der Waals surface area contributed by atoms with Gasteiger partial charge in [-0.15, -0.1) is 12.4 Å². The molecule has 1 aromatic heterocycles. The SMILES string of the molecule is CNCc1cnn(C)c1C.Cl. The molecule has 0 amide bonds. The summed E-state index contributed by atoms with van der Waals surface area (Å²) in [5.41, 5.74) is 2.50. The lowest BCUT2D eigenvalue weighted by Gasteiger charge is -1.97. The van der Waals surface area contributed by atoms with Gasteiger partial charge in [0, 0.05) is 24.8 Å². The molecule has 1 N–H and O–H groups in total. The minimum atomic E-state index is 0. The number of nitrogens with zero attached hydrogens (tertiary/aromatic N) is 2. The van der Waals surface area contributed by atoms with Crippen LogP contribution in [0.4, 0.5) is 0 Å². The van der Waals surface area contributed by atoms with Crippen LogP contribution in [0.1, 0.15) is 11.3 Å². The van der Waals surface area contributed by atoms with Crippen LogP contribution in [0.15, 0.2) is 6.20 Å². The quantitative estimate of drug-likeness (QED) is 0.723. The summed E-state index contributed by atoms with van der Waals surface area (Å²) in [6.45, 7) is 2.97. The van der Waals surface area contributed by atoms with E-state index in [1.807, 2.05) is 25.0 Å². The van der Waals surface area contributed by atoms with Crippen LogP contribution in [-0.2, 0) is 13.6 Å². The van der Waals surface area contributed by atoms with Crippen molar-refractivity contribution >= 4 is 12.4 Å². The first-order valence-electron chi connectivity index (χ1n) is 3.37. The van der Waals surface area contributed by atoms with Crippen LogP contribution in [0.3, 0.4) is 0 Å². The molecule has 0 aliphatic rings. The maximum Gasteiger partial charge on any atom is 0.0537 e. The van der Waals surface area contributed by atoms with Gasteiger partial charge in [-0.1, -0.05) is 0 Å². The highest BCUT2D eigenvalue weighted by atomic mass is 35.5. The minimum absolute atomic E-state index is 0. The lowest BCUT2D eigenvalue weighted by atomic mass is 10.3. The summed E-state index contributed by atoms with van der Waals surface area (Å²) in [7, 11) is 3.89. The van der Waals surface area contributed by atoms with Crippen molar-refractivity contribution in [1.82, 2.24) is 15.1 Å². The van der Waals surface area contributed by atoms with Crippen LogP contribution < -0.4 is 5.32 Å². The van der Waals surface area contributed by atoms with Gasteiger partial charge in [0.25, 0.3) is 0 Å². The van der Waals surface area contributed by atoms with E-state index in [9.17, 15) is 0 Å². The second kappa shape index (κ2) is 4.36. The number of hydrogen-bond donors (Lipinski definition) is 1. The summed E-state index contributed by atoms with van der Waals surface area (Å²) in [6, 6.07) is 0. The third-order valence-electron chi connectivity index (χ3n) is 1.70. The van der Waals surface area contributed by atoms with E-state index in [1.165, 1.54) is 11.3 Å². The predicted octanol–water partition coefficient (Wildman–Crippen LogP) is 0.870. The van der Waals surface area contributed by atoms with E-state index in [4.69, 9.17) is 0 Å². The number of nitrogens with one attached hydrogen (secondary N) is 1. The molecule has 0 saturated carbocycles. The van der Waals surface area contributed by atoms with Gasteiger partial charge < -0.3 is 5.32 Å². The molecule has 0 aliphatic heterocycles. The van der Waals surface area contributed by atoms with Crippen LogP contribution in [0.2, 0.25) is 0 Å². The molecule has 0 radical (unpaired) electrons. The van der Waals surface area contributed by atoms with E-state index in [0.717, 1.165) is 6.54 Å². The summed E-state index contributed by atoms with van der Waals surface area (Å²) in [6.07, 6.45) is 1.89. The Balaban J connectivity index is 0.000001000. The Bertz CT molecular complexity index is 219. The Morgan fingerprint density at radius 1 is 1.64 bits per heavy atom. The van der Waals surface area contributed by atoms with Crippen molar-refractivity contribution in [2.24, 2.45) is 7.05 Å². The maximum absolute atomic E-state index is 4.11. The molecule has 1 aromatic rings. The third-order valence-corrected chi connectivity index (χ3v) is 1.70. The number of rotatable bonds is 2. The smallest absolute Gasteiger partial charge is 0.0537 e. The summed E-state index contributed by atoms with van der Waals surface area (Å²) in [5.74, 6) is 0. The number of aromatic nitrogens is 2. The lowest BCUT2D eigenvalue weighted by Crippen LogP contribution is -2.05. The molecule has 0 atom stereocenters. The fourth-order valence-corrected chi connectivity index (χ4v) is 0.908. The topological polar surface area (TPSA) is 29.9 Å². The first kappa shape index (κ1) is 10.5. The van der Waals surface area contributed by atoms with Crippen molar-refractivity contribution in [2.45, 2.75) is 13.5 Å². The number of halogens is 1. The Kier molecular flexibility index (Phi) is 4.15. The molecule has 0 saturated heterocycles. The van der Waals surface area contributed by atoms with Gasteiger partial charge in [-0.2, -0.15) is 5.10 Å². The van der Waals surface area contributed by atoms with Crippen LogP contribution in [0.25, 0.3) is 0 Å². The molecule has 11 heavy (non-hydrogen) atoms. The molecule has 1 heterocycles. The molecule has 4 heteroatoms. The maximum atomic E-state index is 4.11. The van der Waals surface area contributed by atoms with Crippen LogP contribution in [-0.4, -0.2) is 16.8 Å². The lowest BCUT2D eigenvalue weighted by molar-refractivity contribution is 0.733. The summed E-state index contributed by atoms with van der Waals surface area (Å²) >= 11 is 0. The normalized spacial score (nSPS) is 9.36. The van der Waals surface area contributed by atoms with Crippen molar-refractivity contribution in [2.75, 3.05) is 7.05 Å². The highest BCUT2D eigenvalue weighted by Gasteiger charge is 1.99. The molecule has 0 unspecified atom stereocenters. The zero-order valence-corrected chi connectivity index (χ0v) is 7.90. The van der Waals surface area contributed by atoms with Crippen molar-refractivity contribution in [3.05, 3.63) is 17.5 Å². The highest BCUT2D eigenvalue weighted by molar-refractivity contribution is 5.85.